The van der Waals surface area contributed by atoms with Crippen LogP contribution < -0.4 is 15.1 Å². The molecule has 0 aromatic heterocycles. The normalized spacial score (nSPS) is 19.5. The van der Waals surface area contributed by atoms with Crippen molar-refractivity contribution in [3.05, 3.63) is 29.3 Å². The summed E-state index contributed by atoms with van der Waals surface area (Å²) in [5.74, 6) is 0.239. The van der Waals surface area contributed by atoms with Gasteiger partial charge in [0.15, 0.2) is 13.1 Å². The molecule has 0 unspecified atom stereocenters. The first kappa shape index (κ1) is 21.7. The molecule has 1 aromatic rings. The smallest absolute Gasteiger partial charge is 0.279 e. The van der Waals surface area contributed by atoms with Crippen LogP contribution in [-0.2, 0) is 9.59 Å². The van der Waals surface area contributed by atoms with E-state index in [-0.39, 0.29) is 11.8 Å². The molecule has 0 radical (unpaired) electrons. The highest BCUT2D eigenvalue weighted by atomic mass is 35.5. The van der Waals surface area contributed by atoms with Gasteiger partial charge in [-0.1, -0.05) is 37.6 Å². The molecule has 1 aromatic carbocycles. The van der Waals surface area contributed by atoms with Crippen LogP contribution in [0.25, 0.3) is 0 Å². The van der Waals surface area contributed by atoms with Gasteiger partial charge < -0.3 is 20.0 Å². The Bertz CT molecular complexity index is 612. The zero-order chi connectivity index (χ0) is 19.6. The maximum Gasteiger partial charge on any atom is 0.279 e. The van der Waals surface area contributed by atoms with Crippen molar-refractivity contribution in [1.29, 1.82) is 0 Å². The average Bonchev–Trinajstić information content (AvgIpc) is 2.65. The number of rotatable bonds is 9. The molecule has 7 heteroatoms. The highest BCUT2D eigenvalue weighted by Crippen LogP contribution is 2.19. The molecule has 0 saturated carbocycles. The second-order valence-electron chi connectivity index (χ2n) is 7.26. The fourth-order valence-corrected chi connectivity index (χ4v) is 3.70. The predicted molar refractivity (Wildman–Crippen MR) is 108 cm³/mol. The summed E-state index contributed by atoms with van der Waals surface area (Å²) in [6.45, 7) is 10.6. The Labute approximate surface area is 167 Å². The number of carbonyl (C=O) groups is 2. The maximum atomic E-state index is 12.5. The lowest BCUT2D eigenvalue weighted by atomic mass is 10.2. The zero-order valence-electron chi connectivity index (χ0n) is 16.5. The predicted octanol–water partition coefficient (Wildman–Crippen LogP) is -0.289. The molecule has 1 heterocycles. The summed E-state index contributed by atoms with van der Waals surface area (Å²) < 4.78 is 0. The van der Waals surface area contributed by atoms with Gasteiger partial charge in [0.2, 0.25) is 0 Å². The number of hydrogen-bond donors (Lipinski definition) is 3. The number of nitrogens with one attached hydrogen (secondary N) is 3. The van der Waals surface area contributed by atoms with E-state index in [0.29, 0.717) is 23.8 Å². The van der Waals surface area contributed by atoms with Crippen molar-refractivity contribution in [3.63, 3.8) is 0 Å². The van der Waals surface area contributed by atoms with Crippen molar-refractivity contribution in [2.45, 2.75) is 26.7 Å². The van der Waals surface area contributed by atoms with Gasteiger partial charge in [0, 0.05) is 13.1 Å². The summed E-state index contributed by atoms with van der Waals surface area (Å²) in [7, 11) is 0. The number of piperazine rings is 1. The van der Waals surface area contributed by atoms with E-state index in [2.05, 4.69) is 19.2 Å². The number of quaternary nitrogens is 2. The van der Waals surface area contributed by atoms with Crippen LogP contribution in [0.2, 0.25) is 5.02 Å². The van der Waals surface area contributed by atoms with Crippen LogP contribution in [0.5, 0.6) is 0 Å². The van der Waals surface area contributed by atoms with Crippen LogP contribution in [0, 0.1) is 0 Å². The number of benzene rings is 1. The second-order valence-corrected chi connectivity index (χ2v) is 7.67. The SMILES string of the molecule is CCCN(CCC)C(=O)C[NH+]1CC[NH+](CC(=O)Nc2ccccc2Cl)CC1. The maximum absolute atomic E-state index is 12.5. The third-order valence-corrected chi connectivity index (χ3v) is 5.29. The van der Waals surface area contributed by atoms with E-state index in [1.807, 2.05) is 23.1 Å². The minimum atomic E-state index is -0.0188. The molecular weight excluding hydrogens is 364 g/mol. The van der Waals surface area contributed by atoms with Gasteiger partial charge in [-0.05, 0) is 25.0 Å². The molecule has 0 bridgehead atoms. The lowest BCUT2D eigenvalue weighted by molar-refractivity contribution is -1.00. The van der Waals surface area contributed by atoms with Gasteiger partial charge in [-0.15, -0.1) is 0 Å². The first-order valence-corrected chi connectivity index (χ1v) is 10.4. The third kappa shape index (κ3) is 7.13. The van der Waals surface area contributed by atoms with Crippen molar-refractivity contribution in [1.82, 2.24) is 4.90 Å². The van der Waals surface area contributed by atoms with Gasteiger partial charge in [0.25, 0.3) is 11.8 Å². The second kappa shape index (κ2) is 11.3. The van der Waals surface area contributed by atoms with E-state index in [9.17, 15) is 9.59 Å². The Morgan fingerprint density at radius 3 is 2.11 bits per heavy atom. The van der Waals surface area contributed by atoms with Gasteiger partial charge in [-0.25, -0.2) is 0 Å². The Morgan fingerprint density at radius 2 is 1.56 bits per heavy atom. The summed E-state index contributed by atoms with van der Waals surface area (Å²) in [4.78, 5) is 29.3. The molecule has 0 spiro atoms. The fourth-order valence-electron chi connectivity index (χ4n) is 3.52. The van der Waals surface area contributed by atoms with Gasteiger partial charge in [0.05, 0.1) is 10.7 Å². The molecule has 6 nitrogen and oxygen atoms in total. The molecule has 1 aliphatic heterocycles. The van der Waals surface area contributed by atoms with E-state index in [1.165, 1.54) is 9.80 Å². The average molecular weight is 397 g/mol. The van der Waals surface area contributed by atoms with Crippen molar-refractivity contribution in [3.8, 4) is 0 Å². The Balaban J connectivity index is 1.74. The number of halogens is 1. The van der Waals surface area contributed by atoms with E-state index >= 15 is 0 Å². The molecule has 27 heavy (non-hydrogen) atoms. The lowest BCUT2D eigenvalue weighted by Crippen LogP contribution is -3.28. The molecule has 2 rings (SSSR count). The molecule has 1 fully saturated rings. The summed E-state index contributed by atoms with van der Waals surface area (Å²) in [5, 5.41) is 3.44. The quantitative estimate of drug-likeness (QED) is 0.537. The minimum absolute atomic E-state index is 0.0188. The van der Waals surface area contributed by atoms with Crippen LogP contribution in [0.1, 0.15) is 26.7 Å². The monoisotopic (exact) mass is 396 g/mol. The zero-order valence-corrected chi connectivity index (χ0v) is 17.3. The summed E-state index contributed by atoms with van der Waals surface area (Å²) in [6.07, 6.45) is 2.00. The number of anilines is 1. The van der Waals surface area contributed by atoms with Crippen molar-refractivity contribution in [2.24, 2.45) is 0 Å². The lowest BCUT2D eigenvalue weighted by Gasteiger charge is -2.30. The van der Waals surface area contributed by atoms with E-state index in [1.54, 1.807) is 6.07 Å². The fraction of sp³-hybridized carbons (Fsp3) is 0.600. The van der Waals surface area contributed by atoms with E-state index in [0.717, 1.165) is 52.1 Å². The number of carbonyl (C=O) groups excluding carboxylic acids is 2. The molecular formula is C20H33ClN4O2+2. The van der Waals surface area contributed by atoms with Crippen LogP contribution in [0.15, 0.2) is 24.3 Å². The Kier molecular flexibility index (Phi) is 9.04. The van der Waals surface area contributed by atoms with Crippen molar-refractivity contribution < 1.29 is 19.4 Å². The van der Waals surface area contributed by atoms with Crippen LogP contribution in [0.3, 0.4) is 0 Å². The highest BCUT2D eigenvalue weighted by molar-refractivity contribution is 6.33. The highest BCUT2D eigenvalue weighted by Gasteiger charge is 2.27. The van der Waals surface area contributed by atoms with Gasteiger partial charge >= 0.3 is 0 Å². The molecule has 0 aliphatic carbocycles. The van der Waals surface area contributed by atoms with Crippen molar-refractivity contribution >= 4 is 29.1 Å². The summed E-state index contributed by atoms with van der Waals surface area (Å²) >= 11 is 6.09. The Morgan fingerprint density at radius 1 is 1.00 bits per heavy atom. The van der Waals surface area contributed by atoms with E-state index in [4.69, 9.17) is 11.6 Å². The molecule has 3 N–H and O–H groups in total. The molecule has 1 saturated heterocycles. The summed E-state index contributed by atoms with van der Waals surface area (Å²) in [6, 6.07) is 7.27. The first-order valence-electron chi connectivity index (χ1n) is 10.0. The third-order valence-electron chi connectivity index (χ3n) is 4.96. The Hall–Kier alpha value is -1.63. The number of nitrogens with zero attached hydrogens (tertiary/aromatic N) is 1. The number of amides is 2. The largest absolute Gasteiger partial charge is 0.338 e. The van der Waals surface area contributed by atoms with Gasteiger partial charge in [-0.2, -0.15) is 0 Å². The topological polar surface area (TPSA) is 58.3 Å². The number of hydrogen-bond acceptors (Lipinski definition) is 2. The molecule has 2 amide bonds. The van der Waals surface area contributed by atoms with Crippen LogP contribution in [0.4, 0.5) is 5.69 Å². The van der Waals surface area contributed by atoms with E-state index < -0.39 is 0 Å². The molecule has 0 atom stereocenters. The first-order chi connectivity index (χ1) is 13.0. The van der Waals surface area contributed by atoms with Crippen LogP contribution >= 0.6 is 11.6 Å². The minimum Gasteiger partial charge on any atom is -0.338 e. The standard InChI is InChI=1S/C20H31ClN4O2/c1-3-9-25(10-4-2)20(27)16-24-13-11-23(12-14-24)15-19(26)22-18-8-6-5-7-17(18)21/h5-8H,3-4,9-16H2,1-2H3,(H,22,26)/p+2. The van der Waals surface area contributed by atoms with Gasteiger partial charge in [-0.3, -0.25) is 9.59 Å². The summed E-state index contributed by atoms with van der Waals surface area (Å²) in [5.41, 5.74) is 0.658. The molecule has 1 aliphatic rings. The molecule has 150 valence electrons. The number of para-hydroxylation sites is 1. The van der Waals surface area contributed by atoms with Crippen molar-refractivity contribution in [2.75, 3.05) is 57.7 Å². The van der Waals surface area contributed by atoms with Gasteiger partial charge in [0.1, 0.15) is 26.2 Å². The van der Waals surface area contributed by atoms with Crippen LogP contribution in [-0.4, -0.2) is 69.1 Å².